The minimum atomic E-state index is -0.258. The third-order valence-corrected chi connectivity index (χ3v) is 3.04. The van der Waals surface area contributed by atoms with E-state index in [-0.39, 0.29) is 6.03 Å². The van der Waals surface area contributed by atoms with Crippen molar-refractivity contribution in [3.05, 3.63) is 60.0 Å². The summed E-state index contributed by atoms with van der Waals surface area (Å²) in [4.78, 5) is 15.7. The summed E-state index contributed by atoms with van der Waals surface area (Å²) in [5.41, 5.74) is 2.37. The van der Waals surface area contributed by atoms with Crippen LogP contribution in [0.25, 0.3) is 11.0 Å². The van der Waals surface area contributed by atoms with Crippen LogP contribution in [0.15, 0.2) is 53.3 Å². The lowest BCUT2D eigenvalue weighted by atomic mass is 10.2. The standard InChI is InChI=1S/C15H14N4O2/c20-15(17-9-11-4-3-7-16-8-11)18-10-13-12-5-1-2-6-14(12)21-19-13/h1-8H,9-10H2,(H2,17,18,20). The molecule has 2 amide bonds. The van der Waals surface area contributed by atoms with Crippen LogP contribution in [-0.2, 0) is 13.1 Å². The van der Waals surface area contributed by atoms with E-state index in [1.165, 1.54) is 0 Å². The number of carbonyl (C=O) groups excluding carboxylic acids is 1. The van der Waals surface area contributed by atoms with E-state index in [4.69, 9.17) is 4.52 Å². The number of urea groups is 1. The second-order valence-electron chi connectivity index (χ2n) is 4.52. The zero-order valence-corrected chi connectivity index (χ0v) is 11.2. The Hall–Kier alpha value is -2.89. The van der Waals surface area contributed by atoms with Gasteiger partial charge in [-0.2, -0.15) is 0 Å². The number of aromatic nitrogens is 2. The Labute approximate surface area is 121 Å². The van der Waals surface area contributed by atoms with Crippen molar-refractivity contribution in [1.29, 1.82) is 0 Å². The van der Waals surface area contributed by atoms with Crippen LogP contribution in [-0.4, -0.2) is 16.2 Å². The number of rotatable bonds is 4. The van der Waals surface area contributed by atoms with Gasteiger partial charge in [0.1, 0.15) is 5.69 Å². The first kappa shape index (κ1) is 13.1. The number of nitrogens with zero attached hydrogens (tertiary/aromatic N) is 2. The van der Waals surface area contributed by atoms with Crippen LogP contribution in [0.3, 0.4) is 0 Å². The SMILES string of the molecule is O=C(NCc1cccnc1)NCc1noc2ccccc12. The van der Waals surface area contributed by atoms with Gasteiger partial charge in [0.25, 0.3) is 0 Å². The van der Waals surface area contributed by atoms with Crippen LogP contribution in [0.4, 0.5) is 4.79 Å². The molecule has 0 aliphatic rings. The van der Waals surface area contributed by atoms with Gasteiger partial charge < -0.3 is 15.2 Å². The lowest BCUT2D eigenvalue weighted by Gasteiger charge is -2.06. The average Bonchev–Trinajstić information content (AvgIpc) is 2.95. The summed E-state index contributed by atoms with van der Waals surface area (Å²) in [5, 5.41) is 10.4. The van der Waals surface area contributed by atoms with Gasteiger partial charge in [-0.1, -0.05) is 23.4 Å². The monoisotopic (exact) mass is 282 g/mol. The Balaban J connectivity index is 1.54. The summed E-state index contributed by atoms with van der Waals surface area (Å²) in [6.07, 6.45) is 3.41. The quantitative estimate of drug-likeness (QED) is 0.769. The number of amides is 2. The fourth-order valence-corrected chi connectivity index (χ4v) is 1.98. The first-order valence-electron chi connectivity index (χ1n) is 6.57. The molecule has 2 aromatic heterocycles. The number of hydrogen-bond acceptors (Lipinski definition) is 4. The molecule has 0 saturated heterocycles. The maximum Gasteiger partial charge on any atom is 0.315 e. The first-order valence-corrected chi connectivity index (χ1v) is 6.57. The van der Waals surface area contributed by atoms with Crippen LogP contribution in [0.1, 0.15) is 11.3 Å². The van der Waals surface area contributed by atoms with Crippen molar-refractivity contribution in [2.75, 3.05) is 0 Å². The van der Waals surface area contributed by atoms with E-state index < -0.39 is 0 Å². The molecule has 2 N–H and O–H groups in total. The molecular weight excluding hydrogens is 268 g/mol. The van der Waals surface area contributed by atoms with E-state index in [1.807, 2.05) is 36.4 Å². The second-order valence-corrected chi connectivity index (χ2v) is 4.52. The molecule has 2 heterocycles. The van der Waals surface area contributed by atoms with E-state index in [1.54, 1.807) is 12.4 Å². The summed E-state index contributed by atoms with van der Waals surface area (Å²) in [6.45, 7) is 0.745. The van der Waals surface area contributed by atoms with Crippen molar-refractivity contribution in [2.24, 2.45) is 0 Å². The molecule has 3 rings (SSSR count). The highest BCUT2D eigenvalue weighted by atomic mass is 16.5. The van der Waals surface area contributed by atoms with E-state index in [2.05, 4.69) is 20.8 Å². The van der Waals surface area contributed by atoms with Crippen LogP contribution < -0.4 is 10.6 Å². The van der Waals surface area contributed by atoms with Gasteiger partial charge in [0.2, 0.25) is 0 Å². The van der Waals surface area contributed by atoms with E-state index >= 15 is 0 Å². The highest BCUT2D eigenvalue weighted by Gasteiger charge is 2.08. The minimum Gasteiger partial charge on any atom is -0.356 e. The predicted molar refractivity (Wildman–Crippen MR) is 77.3 cm³/mol. The molecule has 0 bridgehead atoms. The average molecular weight is 282 g/mol. The molecule has 106 valence electrons. The van der Waals surface area contributed by atoms with Crippen LogP contribution in [0.2, 0.25) is 0 Å². The normalized spacial score (nSPS) is 10.5. The number of para-hydroxylation sites is 1. The van der Waals surface area contributed by atoms with E-state index in [0.717, 1.165) is 10.9 Å². The fraction of sp³-hybridized carbons (Fsp3) is 0.133. The summed E-state index contributed by atoms with van der Waals surface area (Å²) in [7, 11) is 0. The van der Waals surface area contributed by atoms with Crippen molar-refractivity contribution in [2.45, 2.75) is 13.1 Å². The van der Waals surface area contributed by atoms with Crippen LogP contribution >= 0.6 is 0 Å². The van der Waals surface area contributed by atoms with Crippen LogP contribution in [0, 0.1) is 0 Å². The van der Waals surface area contributed by atoms with Gasteiger partial charge >= 0.3 is 6.03 Å². The Bertz CT molecular complexity index is 740. The van der Waals surface area contributed by atoms with E-state index in [9.17, 15) is 4.79 Å². The van der Waals surface area contributed by atoms with Gasteiger partial charge in [-0.15, -0.1) is 0 Å². The van der Waals surface area contributed by atoms with Gasteiger partial charge in [-0.3, -0.25) is 4.98 Å². The van der Waals surface area contributed by atoms with Crippen molar-refractivity contribution in [3.8, 4) is 0 Å². The smallest absolute Gasteiger partial charge is 0.315 e. The molecule has 0 aliphatic heterocycles. The molecule has 0 radical (unpaired) electrons. The predicted octanol–water partition coefficient (Wildman–Crippen LogP) is 2.22. The number of hydrogen-bond donors (Lipinski definition) is 2. The minimum absolute atomic E-state index is 0.258. The number of pyridine rings is 1. The zero-order chi connectivity index (χ0) is 14.5. The Kier molecular flexibility index (Phi) is 3.77. The first-order chi connectivity index (χ1) is 10.3. The van der Waals surface area contributed by atoms with Gasteiger partial charge in [0, 0.05) is 24.3 Å². The molecule has 0 fully saturated rings. The summed E-state index contributed by atoms with van der Waals surface area (Å²) >= 11 is 0. The Morgan fingerprint density at radius 3 is 2.81 bits per heavy atom. The lowest BCUT2D eigenvalue weighted by Crippen LogP contribution is -2.34. The molecule has 0 atom stereocenters. The highest BCUT2D eigenvalue weighted by molar-refractivity contribution is 5.80. The van der Waals surface area contributed by atoms with Crippen molar-refractivity contribution < 1.29 is 9.32 Å². The summed E-state index contributed by atoms with van der Waals surface area (Å²) in [6, 6.07) is 11.0. The third kappa shape index (κ3) is 3.17. The molecule has 0 aliphatic carbocycles. The molecule has 1 aromatic carbocycles. The largest absolute Gasteiger partial charge is 0.356 e. The molecule has 0 unspecified atom stereocenters. The maximum absolute atomic E-state index is 11.7. The second kappa shape index (κ2) is 6.04. The summed E-state index contributed by atoms with van der Waals surface area (Å²) < 4.78 is 5.18. The molecular formula is C15H14N4O2. The Morgan fingerprint density at radius 1 is 1.10 bits per heavy atom. The van der Waals surface area contributed by atoms with Gasteiger partial charge in [-0.25, -0.2) is 4.79 Å². The van der Waals surface area contributed by atoms with E-state index in [0.29, 0.717) is 24.4 Å². The molecule has 6 heteroatoms. The molecule has 21 heavy (non-hydrogen) atoms. The third-order valence-electron chi connectivity index (χ3n) is 3.04. The number of fused-ring (bicyclic) bond motifs is 1. The molecule has 3 aromatic rings. The Morgan fingerprint density at radius 2 is 1.95 bits per heavy atom. The fourth-order valence-electron chi connectivity index (χ4n) is 1.98. The van der Waals surface area contributed by atoms with Crippen molar-refractivity contribution in [1.82, 2.24) is 20.8 Å². The number of nitrogens with one attached hydrogen (secondary N) is 2. The van der Waals surface area contributed by atoms with Gasteiger partial charge in [0.15, 0.2) is 5.58 Å². The summed E-state index contributed by atoms with van der Waals surface area (Å²) in [5.74, 6) is 0. The number of carbonyl (C=O) groups is 1. The number of benzene rings is 1. The van der Waals surface area contributed by atoms with Crippen LogP contribution in [0.5, 0.6) is 0 Å². The lowest BCUT2D eigenvalue weighted by molar-refractivity contribution is 0.240. The van der Waals surface area contributed by atoms with Crippen molar-refractivity contribution in [3.63, 3.8) is 0 Å². The van der Waals surface area contributed by atoms with Gasteiger partial charge in [-0.05, 0) is 23.8 Å². The molecule has 6 nitrogen and oxygen atoms in total. The topological polar surface area (TPSA) is 80.0 Å². The van der Waals surface area contributed by atoms with Crippen molar-refractivity contribution >= 4 is 17.0 Å². The molecule has 0 saturated carbocycles. The highest BCUT2D eigenvalue weighted by Crippen LogP contribution is 2.17. The van der Waals surface area contributed by atoms with Gasteiger partial charge in [0.05, 0.1) is 6.54 Å². The zero-order valence-electron chi connectivity index (χ0n) is 11.2. The maximum atomic E-state index is 11.7. The molecule has 0 spiro atoms.